The van der Waals surface area contributed by atoms with Crippen molar-refractivity contribution in [2.45, 2.75) is 77.3 Å². The quantitative estimate of drug-likeness (QED) is 0.484. The Kier molecular flexibility index (Phi) is 9.59. The molecule has 0 fully saturated rings. The number of amides is 1. The van der Waals surface area contributed by atoms with Gasteiger partial charge in [0, 0.05) is 19.6 Å². The molecule has 0 aliphatic rings. The van der Waals surface area contributed by atoms with Gasteiger partial charge in [-0.2, -0.15) is 9.67 Å². The Hall–Kier alpha value is -1.37. The molecule has 0 atom stereocenters. The molecule has 0 bridgehead atoms. The highest BCUT2D eigenvalue weighted by molar-refractivity contribution is 7.99. The number of carbonyl (C=O) groups is 2. The number of hydrogen-bond donors (Lipinski definition) is 1. The normalized spacial score (nSPS) is 10.7. The van der Waals surface area contributed by atoms with Crippen molar-refractivity contribution < 1.29 is 9.59 Å². The zero-order valence-electron chi connectivity index (χ0n) is 14.4. The molecule has 0 saturated carbocycles. The van der Waals surface area contributed by atoms with E-state index in [1.807, 2.05) is 0 Å². The first kappa shape index (κ1) is 19.7. The van der Waals surface area contributed by atoms with Crippen LogP contribution in [0.2, 0.25) is 0 Å². The average molecular weight is 340 g/mol. The smallest absolute Gasteiger partial charge is 0.250 e. The number of nitrogens with one attached hydrogen (secondary N) is 1. The van der Waals surface area contributed by atoms with Crippen LogP contribution < -0.4 is 5.32 Å². The van der Waals surface area contributed by atoms with Crippen LogP contribution in [0.25, 0.3) is 0 Å². The predicted molar refractivity (Wildman–Crippen MR) is 94.0 cm³/mol. The summed E-state index contributed by atoms with van der Waals surface area (Å²) in [5, 5.41) is 7.06. The molecule has 0 aromatic carbocycles. The van der Waals surface area contributed by atoms with Crippen molar-refractivity contribution in [2.75, 3.05) is 11.1 Å². The van der Waals surface area contributed by atoms with E-state index < -0.39 is 0 Å². The molecule has 1 rings (SSSR count). The lowest BCUT2D eigenvalue weighted by Gasteiger charge is -2.02. The molecule has 0 aliphatic heterocycles. The molecule has 1 aromatic heterocycles. The molecule has 23 heavy (non-hydrogen) atoms. The van der Waals surface area contributed by atoms with Crippen LogP contribution in [0.5, 0.6) is 0 Å². The molecule has 0 radical (unpaired) electrons. The van der Waals surface area contributed by atoms with Crippen LogP contribution in [-0.4, -0.2) is 32.3 Å². The summed E-state index contributed by atoms with van der Waals surface area (Å²) in [6, 6.07) is 0. The average Bonchev–Trinajstić information content (AvgIpc) is 2.88. The van der Waals surface area contributed by atoms with E-state index in [4.69, 9.17) is 0 Å². The zero-order chi connectivity index (χ0) is 17.1. The molecule has 130 valence electrons. The van der Waals surface area contributed by atoms with Gasteiger partial charge in [0.05, 0.1) is 0 Å². The highest BCUT2D eigenvalue weighted by atomic mass is 32.2. The molecule has 0 saturated heterocycles. The van der Waals surface area contributed by atoms with Gasteiger partial charge in [0.1, 0.15) is 0 Å². The number of anilines is 1. The lowest BCUT2D eigenvalue weighted by molar-refractivity contribution is -0.114. The molecule has 0 unspecified atom stereocenters. The number of thioether (sulfide) groups is 1. The first-order chi connectivity index (χ1) is 11.0. The highest BCUT2D eigenvalue weighted by Gasteiger charge is 2.14. The third-order valence-corrected chi connectivity index (χ3v) is 4.41. The lowest BCUT2D eigenvalue weighted by atomic mass is 10.1. The van der Waals surface area contributed by atoms with Gasteiger partial charge in [-0.25, -0.2) is 0 Å². The predicted octanol–water partition coefficient (Wildman–Crippen LogP) is 4.13. The molecule has 7 heteroatoms. The monoisotopic (exact) mass is 340 g/mol. The fourth-order valence-corrected chi connectivity index (χ4v) is 3.18. The Labute approximate surface area is 142 Å². The Balaban J connectivity index is 2.29. The summed E-state index contributed by atoms with van der Waals surface area (Å²) in [4.78, 5) is 26.8. The number of hydrogen-bond acceptors (Lipinski definition) is 5. The third kappa shape index (κ3) is 8.16. The fourth-order valence-electron chi connectivity index (χ4n) is 2.21. The molecule has 1 N–H and O–H groups in total. The van der Waals surface area contributed by atoms with Gasteiger partial charge in [0.2, 0.25) is 17.8 Å². The van der Waals surface area contributed by atoms with Crippen LogP contribution in [-0.2, 0) is 4.79 Å². The number of aromatic nitrogens is 3. The van der Waals surface area contributed by atoms with Crippen molar-refractivity contribution in [1.82, 2.24) is 14.8 Å². The van der Waals surface area contributed by atoms with Crippen molar-refractivity contribution in [1.29, 1.82) is 0 Å². The van der Waals surface area contributed by atoms with Crippen molar-refractivity contribution in [3.8, 4) is 0 Å². The van der Waals surface area contributed by atoms with Crippen LogP contribution in [0.4, 0.5) is 5.95 Å². The first-order valence-corrected chi connectivity index (χ1v) is 9.41. The summed E-state index contributed by atoms with van der Waals surface area (Å²) >= 11 is 1.51. The number of nitrogens with zero attached hydrogens (tertiary/aromatic N) is 3. The summed E-state index contributed by atoms with van der Waals surface area (Å²) in [5.41, 5.74) is 0. The number of rotatable bonds is 11. The van der Waals surface area contributed by atoms with Gasteiger partial charge in [-0.15, -0.1) is 5.10 Å². The van der Waals surface area contributed by atoms with E-state index in [2.05, 4.69) is 22.3 Å². The Morgan fingerprint density at radius 1 is 1.04 bits per heavy atom. The Morgan fingerprint density at radius 3 is 2.22 bits per heavy atom. The van der Waals surface area contributed by atoms with E-state index in [1.165, 1.54) is 75.2 Å². The minimum atomic E-state index is -0.245. The summed E-state index contributed by atoms with van der Waals surface area (Å²) in [5.74, 6) is 0.643. The Bertz CT molecular complexity index is 502. The summed E-state index contributed by atoms with van der Waals surface area (Å²) in [7, 11) is 0. The van der Waals surface area contributed by atoms with Crippen LogP contribution in [0.1, 0.15) is 76.9 Å². The van der Waals surface area contributed by atoms with Crippen LogP contribution in [0.15, 0.2) is 5.16 Å². The largest absolute Gasteiger partial charge is 0.293 e. The van der Waals surface area contributed by atoms with Crippen LogP contribution in [0, 0.1) is 0 Å². The summed E-state index contributed by atoms with van der Waals surface area (Å²) in [6.07, 6.45) is 10.2. The van der Waals surface area contributed by atoms with Gasteiger partial charge in [-0.05, 0) is 6.42 Å². The minimum Gasteiger partial charge on any atom is -0.293 e. The SMILES string of the molecule is CCCCCCCCCCSc1nc(NC(C)=O)nn1C(C)=O. The highest BCUT2D eigenvalue weighted by Crippen LogP contribution is 2.20. The van der Waals surface area contributed by atoms with E-state index in [9.17, 15) is 9.59 Å². The van der Waals surface area contributed by atoms with Crippen molar-refractivity contribution in [3.63, 3.8) is 0 Å². The zero-order valence-corrected chi connectivity index (χ0v) is 15.2. The molecular weight excluding hydrogens is 312 g/mol. The molecule has 1 heterocycles. The second-order valence-electron chi connectivity index (χ2n) is 5.65. The van der Waals surface area contributed by atoms with Crippen LogP contribution in [0.3, 0.4) is 0 Å². The van der Waals surface area contributed by atoms with Crippen molar-refractivity contribution in [2.24, 2.45) is 0 Å². The molecule has 1 amide bonds. The third-order valence-electron chi connectivity index (χ3n) is 3.39. The molecular formula is C16H28N4O2S. The second-order valence-corrected chi connectivity index (χ2v) is 6.72. The topological polar surface area (TPSA) is 76.9 Å². The fraction of sp³-hybridized carbons (Fsp3) is 0.750. The first-order valence-electron chi connectivity index (χ1n) is 8.43. The van der Waals surface area contributed by atoms with E-state index >= 15 is 0 Å². The van der Waals surface area contributed by atoms with Gasteiger partial charge < -0.3 is 0 Å². The van der Waals surface area contributed by atoms with Gasteiger partial charge in [0.15, 0.2) is 5.16 Å². The number of unbranched alkanes of at least 4 members (excludes halogenated alkanes) is 7. The van der Waals surface area contributed by atoms with Crippen molar-refractivity contribution in [3.05, 3.63) is 0 Å². The summed E-state index contributed by atoms with van der Waals surface area (Å²) < 4.78 is 1.25. The van der Waals surface area contributed by atoms with Gasteiger partial charge >= 0.3 is 0 Å². The minimum absolute atomic E-state index is 0.186. The molecule has 0 aliphatic carbocycles. The summed E-state index contributed by atoms with van der Waals surface area (Å²) in [6.45, 7) is 5.06. The van der Waals surface area contributed by atoms with Gasteiger partial charge in [0.25, 0.3) is 0 Å². The van der Waals surface area contributed by atoms with E-state index in [-0.39, 0.29) is 17.8 Å². The maximum atomic E-state index is 11.6. The lowest BCUT2D eigenvalue weighted by Crippen LogP contribution is -2.11. The standard InChI is InChI=1S/C16H28N4O2S/c1-4-5-6-7-8-9-10-11-12-23-16-18-15(17-13(2)21)19-20(16)14(3)22/h4-12H2,1-3H3,(H,17,19,21). The van der Waals surface area contributed by atoms with E-state index in [1.54, 1.807) is 0 Å². The maximum Gasteiger partial charge on any atom is 0.250 e. The molecule has 6 nitrogen and oxygen atoms in total. The van der Waals surface area contributed by atoms with E-state index in [0.29, 0.717) is 5.16 Å². The maximum absolute atomic E-state index is 11.6. The van der Waals surface area contributed by atoms with Crippen LogP contribution >= 0.6 is 11.8 Å². The van der Waals surface area contributed by atoms with Gasteiger partial charge in [-0.1, -0.05) is 63.6 Å². The van der Waals surface area contributed by atoms with E-state index in [0.717, 1.165) is 12.2 Å². The molecule has 0 spiro atoms. The van der Waals surface area contributed by atoms with Gasteiger partial charge in [-0.3, -0.25) is 14.9 Å². The number of carbonyl (C=O) groups excluding carboxylic acids is 2. The second kappa shape index (κ2) is 11.2. The van der Waals surface area contributed by atoms with Crippen molar-refractivity contribution >= 4 is 29.5 Å². The molecule has 1 aromatic rings. The Morgan fingerprint density at radius 2 is 1.65 bits per heavy atom.